The van der Waals surface area contributed by atoms with Crippen molar-refractivity contribution in [3.63, 3.8) is 0 Å². The number of hydrogen-bond donors (Lipinski definition) is 3. The number of hydrogen-bond acceptors (Lipinski definition) is 8. The number of aliphatic carboxylic acids is 2. The number of carbonyl (C=O) groups excluding carboxylic acids is 2. The van der Waals surface area contributed by atoms with Gasteiger partial charge in [0.2, 0.25) is 0 Å². The van der Waals surface area contributed by atoms with Gasteiger partial charge in [-0.2, -0.15) is 11.8 Å². The number of unbranched alkanes of at least 4 members (excludes halogenated alkanes) is 25. The van der Waals surface area contributed by atoms with Crippen LogP contribution in [0.1, 0.15) is 230 Å². The van der Waals surface area contributed by atoms with Crippen molar-refractivity contribution >= 4 is 35.8 Å². The van der Waals surface area contributed by atoms with Crippen LogP contribution in [0.4, 0.5) is 4.79 Å². The Morgan fingerprint density at radius 1 is 0.559 bits per heavy atom. The van der Waals surface area contributed by atoms with E-state index in [1.165, 1.54) is 147 Å². The molecule has 0 unspecified atom stereocenters. The first kappa shape index (κ1) is 60.6. The lowest BCUT2D eigenvalue weighted by molar-refractivity contribution is -0.151. The Kier molecular flexibility index (Phi) is 36.7. The Balaban J connectivity index is 0.000000975. The van der Waals surface area contributed by atoms with Crippen molar-refractivity contribution in [2.24, 2.45) is 0 Å². The van der Waals surface area contributed by atoms with Crippen LogP contribution >= 0.6 is 11.8 Å². The number of carboxylic acids is 2. The summed E-state index contributed by atoms with van der Waals surface area (Å²) in [5, 5.41) is 20.9. The summed E-state index contributed by atoms with van der Waals surface area (Å²) in [6.45, 7) is 7.68. The monoisotopic (exact) mass is 968 g/mol. The van der Waals surface area contributed by atoms with Crippen molar-refractivity contribution in [3.05, 3.63) is 59.7 Å². The summed E-state index contributed by atoms with van der Waals surface area (Å²) in [5.74, 6) is -1.69. The largest absolute Gasteiger partial charge is 0.481 e. The molecule has 1 amide bonds. The van der Waals surface area contributed by atoms with Crippen LogP contribution in [0.25, 0.3) is 11.1 Å². The van der Waals surface area contributed by atoms with Gasteiger partial charge in [-0.15, -0.1) is 0 Å². The maximum atomic E-state index is 12.9. The summed E-state index contributed by atoms with van der Waals surface area (Å²) in [6, 6.07) is 15.0. The second-order valence-electron chi connectivity index (χ2n) is 18.8. The molecule has 0 aromatic heterocycles. The van der Waals surface area contributed by atoms with E-state index in [1.807, 2.05) is 36.4 Å². The average Bonchev–Trinajstić information content (AvgIpc) is 3.65. The van der Waals surface area contributed by atoms with E-state index >= 15 is 0 Å². The van der Waals surface area contributed by atoms with Crippen LogP contribution in [-0.4, -0.2) is 77.7 Å². The molecule has 3 rings (SSSR count). The number of nitrogens with one attached hydrogen (secondary N) is 1. The number of ether oxygens (including phenoxy) is 3. The molecule has 1 aliphatic rings. The zero-order valence-corrected chi connectivity index (χ0v) is 43.6. The van der Waals surface area contributed by atoms with E-state index in [9.17, 15) is 24.3 Å². The molecule has 0 fully saturated rings. The van der Waals surface area contributed by atoms with E-state index in [0.717, 1.165) is 67.2 Å². The smallest absolute Gasteiger partial charge is 0.407 e. The molecule has 10 nitrogen and oxygen atoms in total. The van der Waals surface area contributed by atoms with Crippen molar-refractivity contribution in [2.75, 3.05) is 31.3 Å². The molecule has 0 saturated carbocycles. The van der Waals surface area contributed by atoms with Crippen molar-refractivity contribution in [2.45, 2.75) is 231 Å². The summed E-state index contributed by atoms with van der Waals surface area (Å²) < 4.78 is 17.4. The number of carbonyl (C=O) groups is 4. The first-order valence-electron chi connectivity index (χ1n) is 27.1. The fraction of sp³-hybridized carbons (Fsp3) is 0.719. The van der Waals surface area contributed by atoms with Crippen LogP contribution in [-0.2, 0) is 28.6 Å². The van der Waals surface area contributed by atoms with Crippen LogP contribution in [0.2, 0.25) is 0 Å². The van der Waals surface area contributed by atoms with Crippen LogP contribution in [0.3, 0.4) is 0 Å². The molecule has 68 heavy (non-hydrogen) atoms. The second-order valence-corrected chi connectivity index (χ2v) is 19.9. The number of benzene rings is 2. The first-order valence-corrected chi connectivity index (χ1v) is 28.3. The zero-order valence-electron chi connectivity index (χ0n) is 42.8. The first-order chi connectivity index (χ1) is 33.2. The number of fused-ring (bicyclic) bond motifs is 3. The van der Waals surface area contributed by atoms with Gasteiger partial charge in [0.15, 0.2) is 0 Å². The summed E-state index contributed by atoms with van der Waals surface area (Å²) in [4.78, 5) is 48.0. The van der Waals surface area contributed by atoms with E-state index in [4.69, 9.17) is 19.3 Å². The number of amides is 1. The Morgan fingerprint density at radius 2 is 0.985 bits per heavy atom. The number of carboxylic acid groups (broad SMARTS) is 2. The maximum Gasteiger partial charge on any atom is 0.407 e. The predicted octanol–water partition coefficient (Wildman–Crippen LogP) is 15.5. The van der Waals surface area contributed by atoms with Gasteiger partial charge in [0.25, 0.3) is 0 Å². The Labute approximate surface area is 416 Å². The fourth-order valence-corrected chi connectivity index (χ4v) is 9.73. The minimum absolute atomic E-state index is 0.101. The van der Waals surface area contributed by atoms with Crippen molar-refractivity contribution in [1.29, 1.82) is 0 Å². The van der Waals surface area contributed by atoms with Gasteiger partial charge in [0.1, 0.15) is 18.8 Å². The highest BCUT2D eigenvalue weighted by Gasteiger charge is 2.30. The highest BCUT2D eigenvalue weighted by atomic mass is 32.2. The van der Waals surface area contributed by atoms with E-state index in [0.29, 0.717) is 25.2 Å². The molecular weight excluding hydrogens is 875 g/mol. The van der Waals surface area contributed by atoms with Crippen LogP contribution in [0.15, 0.2) is 48.5 Å². The van der Waals surface area contributed by atoms with Crippen molar-refractivity contribution in [1.82, 2.24) is 5.32 Å². The van der Waals surface area contributed by atoms with E-state index < -0.39 is 30.2 Å². The third kappa shape index (κ3) is 29.5. The maximum absolute atomic E-state index is 12.9. The number of rotatable bonds is 42. The van der Waals surface area contributed by atoms with Gasteiger partial charge in [-0.1, -0.05) is 230 Å². The van der Waals surface area contributed by atoms with Gasteiger partial charge in [-0.05, 0) is 41.5 Å². The molecule has 2 atom stereocenters. The third-order valence-corrected chi connectivity index (χ3v) is 13.9. The zero-order chi connectivity index (χ0) is 49.3. The van der Waals surface area contributed by atoms with E-state index in [1.54, 1.807) is 0 Å². The number of alkyl carbamates (subject to hydrolysis) is 1. The second kappa shape index (κ2) is 41.2. The topological polar surface area (TPSA) is 148 Å². The summed E-state index contributed by atoms with van der Waals surface area (Å²) in [6.07, 6.45) is 33.6. The molecule has 0 radical (unpaired) electrons. The molecule has 11 heteroatoms. The standard InChI is InChI=1S/C45H69NO7S.C12H24O2/c1-3-5-7-9-11-13-15-17-19-25-31-51-32-36(53-43(47)30-20-18-16-14-12-10-8-6-4-2)34-54-35-42(44(48)49)46-45(50)52-33-41-39-28-23-21-26-37(39)38-27-22-24-29-40(38)41;1-2-3-4-5-6-7-8-9-10-11-12(13)14/h21-24,26-29,36,41-42H,3-20,25,30-35H2,1-2H3,(H,46,50)(H,48,49);2-11H2,1H3,(H,13,14)/t36-,42+;/m1./s1. The fourth-order valence-electron chi connectivity index (χ4n) is 8.71. The Hall–Kier alpha value is -3.57. The van der Waals surface area contributed by atoms with Gasteiger partial charge >= 0.3 is 24.0 Å². The Bertz CT molecular complexity index is 1560. The molecule has 0 heterocycles. The normalized spacial score (nSPS) is 12.6. The third-order valence-electron chi connectivity index (χ3n) is 12.7. The van der Waals surface area contributed by atoms with Gasteiger partial charge in [0.05, 0.1) is 6.61 Å². The van der Waals surface area contributed by atoms with Crippen molar-refractivity contribution in [3.8, 4) is 11.1 Å². The molecule has 2 aromatic carbocycles. The summed E-state index contributed by atoms with van der Waals surface area (Å²) in [7, 11) is 0. The van der Waals surface area contributed by atoms with Crippen LogP contribution < -0.4 is 5.32 Å². The molecule has 2 aromatic rings. The van der Waals surface area contributed by atoms with Crippen LogP contribution in [0.5, 0.6) is 0 Å². The minimum atomic E-state index is -1.16. The molecule has 1 aliphatic carbocycles. The van der Waals surface area contributed by atoms with Gasteiger partial charge < -0.3 is 29.7 Å². The van der Waals surface area contributed by atoms with Gasteiger partial charge in [-0.25, -0.2) is 9.59 Å². The molecule has 0 bridgehead atoms. The summed E-state index contributed by atoms with van der Waals surface area (Å²) >= 11 is 1.33. The molecule has 386 valence electrons. The van der Waals surface area contributed by atoms with Gasteiger partial charge in [-0.3, -0.25) is 9.59 Å². The lowest BCUT2D eigenvalue weighted by Gasteiger charge is -2.20. The predicted molar refractivity (Wildman–Crippen MR) is 281 cm³/mol. The summed E-state index contributed by atoms with van der Waals surface area (Å²) in [5.41, 5.74) is 4.42. The SMILES string of the molecule is CCCCCCCCCCCC(=O)O.CCCCCCCCCCCCOC[C@H](CSC[C@H](NC(=O)OCC1c2ccccc2-c2ccccc21)C(=O)O)OC(=O)CCCCCCCCCCC. The minimum Gasteiger partial charge on any atom is -0.481 e. The number of esters is 1. The molecular formula is C57H93NO9S. The highest BCUT2D eigenvalue weighted by Crippen LogP contribution is 2.44. The molecule has 3 N–H and O–H groups in total. The lowest BCUT2D eigenvalue weighted by Crippen LogP contribution is -2.43. The van der Waals surface area contributed by atoms with E-state index in [2.05, 4.69) is 38.2 Å². The molecule has 0 aliphatic heterocycles. The number of thioether (sulfide) groups is 1. The highest BCUT2D eigenvalue weighted by molar-refractivity contribution is 7.99. The van der Waals surface area contributed by atoms with Crippen LogP contribution in [0, 0.1) is 0 Å². The molecule has 0 spiro atoms. The quantitative estimate of drug-likeness (QED) is 0.0434. The molecule has 0 saturated heterocycles. The van der Waals surface area contributed by atoms with Crippen molar-refractivity contribution < 1.29 is 43.6 Å². The lowest BCUT2D eigenvalue weighted by atomic mass is 9.98. The van der Waals surface area contributed by atoms with Gasteiger partial charge in [0, 0.05) is 36.9 Å². The van der Waals surface area contributed by atoms with E-state index in [-0.39, 0.29) is 30.9 Å². The average molecular weight is 968 g/mol. The Morgan fingerprint density at radius 3 is 1.44 bits per heavy atom.